The van der Waals surface area contributed by atoms with Crippen LogP contribution in [0.2, 0.25) is 0 Å². The number of hydrogen-bond donors (Lipinski definition) is 0. The maximum absolute atomic E-state index is 12.2. The van der Waals surface area contributed by atoms with Gasteiger partial charge in [-0.1, -0.05) is 12.8 Å². The Morgan fingerprint density at radius 3 is 2.44 bits per heavy atom. The molecule has 0 spiro atoms. The molecular weight excluding hydrogens is 228 g/mol. The highest BCUT2D eigenvalue weighted by Gasteiger charge is 2.17. The molecule has 1 aromatic heterocycles. The van der Waals surface area contributed by atoms with Crippen LogP contribution in [0, 0.1) is 0 Å². The van der Waals surface area contributed by atoms with Gasteiger partial charge in [-0.2, -0.15) is 0 Å². The molecule has 0 saturated carbocycles. The average Bonchev–Trinajstić information content (AvgIpc) is 2.68. The van der Waals surface area contributed by atoms with Crippen LogP contribution in [0.15, 0.2) is 18.5 Å². The predicted octanol–water partition coefficient (Wildman–Crippen LogP) is 1.32. The number of likely N-dealkylation sites (tertiary alicyclic amines) is 1. The Bertz CT molecular complexity index is 374. The minimum absolute atomic E-state index is 0.173. The number of amides is 1. The molecule has 98 valence electrons. The lowest BCUT2D eigenvalue weighted by Gasteiger charge is -2.24. The Morgan fingerprint density at radius 1 is 1.22 bits per heavy atom. The number of nitrogens with zero attached hydrogens (tertiary/aromatic N) is 4. The Hall–Kier alpha value is -1.65. The van der Waals surface area contributed by atoms with Crippen LogP contribution in [0.4, 0.5) is 5.95 Å². The molecule has 0 atom stereocenters. The van der Waals surface area contributed by atoms with Gasteiger partial charge in [0.2, 0.25) is 11.9 Å². The second kappa shape index (κ2) is 6.33. The Morgan fingerprint density at radius 2 is 1.83 bits per heavy atom. The van der Waals surface area contributed by atoms with Crippen LogP contribution in [0.3, 0.4) is 0 Å². The summed E-state index contributed by atoms with van der Waals surface area (Å²) < 4.78 is 0. The van der Waals surface area contributed by atoms with E-state index in [9.17, 15) is 4.79 Å². The van der Waals surface area contributed by atoms with Gasteiger partial charge in [0.25, 0.3) is 0 Å². The number of carbonyl (C=O) groups excluding carboxylic acids is 1. The molecule has 0 N–H and O–H groups in total. The minimum Gasteiger partial charge on any atom is -0.341 e. The van der Waals surface area contributed by atoms with Crippen LogP contribution in [-0.2, 0) is 4.79 Å². The summed E-state index contributed by atoms with van der Waals surface area (Å²) in [6.07, 6.45) is 8.10. The number of likely N-dealkylation sites (N-methyl/N-ethyl adjacent to an activating group) is 1. The zero-order chi connectivity index (χ0) is 12.8. The fourth-order valence-electron chi connectivity index (χ4n) is 2.18. The first-order valence-electron chi connectivity index (χ1n) is 6.53. The van der Waals surface area contributed by atoms with Crippen molar-refractivity contribution in [3.63, 3.8) is 0 Å². The molecule has 1 saturated heterocycles. The van der Waals surface area contributed by atoms with E-state index in [0.717, 1.165) is 25.9 Å². The van der Waals surface area contributed by atoms with Gasteiger partial charge < -0.3 is 9.80 Å². The Kier molecular flexibility index (Phi) is 4.50. The van der Waals surface area contributed by atoms with Crippen LogP contribution < -0.4 is 4.90 Å². The summed E-state index contributed by atoms with van der Waals surface area (Å²) in [5, 5.41) is 0. The van der Waals surface area contributed by atoms with Crippen LogP contribution >= 0.6 is 0 Å². The molecule has 5 nitrogen and oxygen atoms in total. The summed E-state index contributed by atoms with van der Waals surface area (Å²) in [7, 11) is 1.85. The van der Waals surface area contributed by atoms with E-state index < -0.39 is 0 Å². The smallest absolute Gasteiger partial charge is 0.242 e. The van der Waals surface area contributed by atoms with E-state index >= 15 is 0 Å². The van der Waals surface area contributed by atoms with E-state index in [1.807, 2.05) is 11.9 Å². The summed E-state index contributed by atoms with van der Waals surface area (Å²) in [6, 6.07) is 1.77. The fraction of sp³-hybridized carbons (Fsp3) is 0.615. The van der Waals surface area contributed by atoms with E-state index in [1.54, 1.807) is 23.4 Å². The zero-order valence-corrected chi connectivity index (χ0v) is 10.9. The van der Waals surface area contributed by atoms with Crippen LogP contribution in [0.25, 0.3) is 0 Å². The number of rotatable bonds is 3. The van der Waals surface area contributed by atoms with Crippen molar-refractivity contribution >= 4 is 11.9 Å². The van der Waals surface area contributed by atoms with E-state index in [-0.39, 0.29) is 5.91 Å². The van der Waals surface area contributed by atoms with Gasteiger partial charge in [-0.15, -0.1) is 0 Å². The molecule has 2 rings (SSSR count). The van der Waals surface area contributed by atoms with Gasteiger partial charge in [-0.25, -0.2) is 9.97 Å². The summed E-state index contributed by atoms with van der Waals surface area (Å²) >= 11 is 0. The summed E-state index contributed by atoms with van der Waals surface area (Å²) in [5.74, 6) is 0.771. The van der Waals surface area contributed by atoms with Crippen molar-refractivity contribution in [2.24, 2.45) is 0 Å². The van der Waals surface area contributed by atoms with Crippen LogP contribution in [0.1, 0.15) is 25.7 Å². The lowest BCUT2D eigenvalue weighted by Crippen LogP contribution is -2.40. The van der Waals surface area contributed by atoms with E-state index in [4.69, 9.17) is 0 Å². The van der Waals surface area contributed by atoms with Gasteiger partial charge in [0.05, 0.1) is 6.54 Å². The maximum atomic E-state index is 12.2. The SMILES string of the molecule is CN(CC(=O)N1CCCCCC1)c1ncccn1. The zero-order valence-electron chi connectivity index (χ0n) is 10.9. The Balaban J connectivity index is 1.90. The molecule has 1 amide bonds. The molecule has 1 aliphatic heterocycles. The standard InChI is InChI=1S/C13H20N4O/c1-16(13-14-7-6-8-15-13)11-12(18)17-9-4-2-3-5-10-17/h6-8H,2-5,9-11H2,1H3. The maximum Gasteiger partial charge on any atom is 0.242 e. The normalized spacial score (nSPS) is 16.2. The van der Waals surface area contributed by atoms with Gasteiger partial charge >= 0.3 is 0 Å². The van der Waals surface area contributed by atoms with Crippen molar-refractivity contribution in [2.45, 2.75) is 25.7 Å². The predicted molar refractivity (Wildman–Crippen MR) is 70.4 cm³/mol. The summed E-state index contributed by atoms with van der Waals surface area (Å²) in [6.45, 7) is 2.13. The third-order valence-corrected chi connectivity index (χ3v) is 3.22. The lowest BCUT2D eigenvalue weighted by molar-refractivity contribution is -0.129. The molecule has 2 heterocycles. The van der Waals surface area contributed by atoms with Crippen molar-refractivity contribution < 1.29 is 4.79 Å². The lowest BCUT2D eigenvalue weighted by atomic mass is 10.2. The topological polar surface area (TPSA) is 49.3 Å². The highest BCUT2D eigenvalue weighted by Crippen LogP contribution is 2.10. The molecule has 0 aromatic carbocycles. The second-order valence-electron chi connectivity index (χ2n) is 4.70. The van der Waals surface area contributed by atoms with Gasteiger partial charge in [-0.3, -0.25) is 4.79 Å². The molecule has 0 unspecified atom stereocenters. The molecular formula is C13H20N4O. The molecule has 18 heavy (non-hydrogen) atoms. The van der Waals surface area contributed by atoms with Gasteiger partial charge in [-0.05, 0) is 18.9 Å². The first-order valence-corrected chi connectivity index (χ1v) is 6.53. The number of anilines is 1. The monoisotopic (exact) mass is 248 g/mol. The quantitative estimate of drug-likeness (QED) is 0.809. The van der Waals surface area contributed by atoms with Crippen molar-refractivity contribution in [1.29, 1.82) is 0 Å². The summed E-state index contributed by atoms with van der Waals surface area (Å²) in [4.78, 5) is 24.2. The van der Waals surface area contributed by atoms with Gasteiger partial charge in [0.15, 0.2) is 0 Å². The van der Waals surface area contributed by atoms with Gasteiger partial charge in [0, 0.05) is 32.5 Å². The van der Waals surface area contributed by atoms with E-state index in [0.29, 0.717) is 12.5 Å². The molecule has 1 aliphatic rings. The van der Waals surface area contributed by atoms with E-state index in [1.165, 1.54) is 12.8 Å². The number of aromatic nitrogens is 2. The molecule has 0 radical (unpaired) electrons. The first kappa shape index (κ1) is 12.8. The van der Waals surface area contributed by atoms with Crippen molar-refractivity contribution in [1.82, 2.24) is 14.9 Å². The van der Waals surface area contributed by atoms with Crippen LogP contribution in [0.5, 0.6) is 0 Å². The minimum atomic E-state index is 0.173. The largest absolute Gasteiger partial charge is 0.341 e. The Labute approximate surface area is 108 Å². The third kappa shape index (κ3) is 3.42. The molecule has 1 aromatic rings. The number of carbonyl (C=O) groups is 1. The molecule has 0 aliphatic carbocycles. The fourth-order valence-corrected chi connectivity index (χ4v) is 2.18. The summed E-state index contributed by atoms with van der Waals surface area (Å²) in [5.41, 5.74) is 0. The van der Waals surface area contributed by atoms with Crippen molar-refractivity contribution in [2.75, 3.05) is 31.6 Å². The third-order valence-electron chi connectivity index (χ3n) is 3.22. The number of hydrogen-bond acceptors (Lipinski definition) is 4. The second-order valence-corrected chi connectivity index (χ2v) is 4.70. The van der Waals surface area contributed by atoms with Crippen LogP contribution in [-0.4, -0.2) is 47.5 Å². The highest BCUT2D eigenvalue weighted by molar-refractivity contribution is 5.80. The molecule has 0 bridgehead atoms. The van der Waals surface area contributed by atoms with E-state index in [2.05, 4.69) is 9.97 Å². The first-order chi connectivity index (χ1) is 8.77. The average molecular weight is 248 g/mol. The molecule has 5 heteroatoms. The van der Waals surface area contributed by atoms with Gasteiger partial charge in [0.1, 0.15) is 0 Å². The van der Waals surface area contributed by atoms with Crippen molar-refractivity contribution in [3.05, 3.63) is 18.5 Å². The molecule has 1 fully saturated rings. The van der Waals surface area contributed by atoms with Crippen molar-refractivity contribution in [3.8, 4) is 0 Å². The highest BCUT2D eigenvalue weighted by atomic mass is 16.2.